The Morgan fingerprint density at radius 1 is 1.03 bits per heavy atom. The number of methoxy groups -OCH3 is 1. The molecular weight excluding hydrogens is 376 g/mol. The molecule has 0 spiro atoms. The van der Waals surface area contributed by atoms with Crippen molar-refractivity contribution in [3.63, 3.8) is 0 Å². The minimum Gasteiger partial charge on any atom is -0.497 e. The molecule has 0 bridgehead atoms. The largest absolute Gasteiger partial charge is 0.497 e. The van der Waals surface area contributed by atoms with E-state index in [0.717, 1.165) is 41.3 Å². The number of hydrogen-bond acceptors (Lipinski definition) is 4. The van der Waals surface area contributed by atoms with Crippen LogP contribution in [0.25, 0.3) is 11.1 Å². The third kappa shape index (κ3) is 4.82. The number of rotatable bonds is 7. The average molecular weight is 405 g/mol. The average Bonchev–Trinajstić information content (AvgIpc) is 3.23. The Kier molecular flexibility index (Phi) is 6.32. The molecule has 6 nitrogen and oxygen atoms in total. The summed E-state index contributed by atoms with van der Waals surface area (Å²) >= 11 is 0. The Morgan fingerprint density at radius 3 is 2.47 bits per heavy atom. The van der Waals surface area contributed by atoms with E-state index in [0.29, 0.717) is 6.54 Å². The molecule has 1 aliphatic rings. The number of benzene rings is 2. The third-order valence-electron chi connectivity index (χ3n) is 5.44. The van der Waals surface area contributed by atoms with Gasteiger partial charge in [-0.25, -0.2) is 0 Å². The van der Waals surface area contributed by atoms with Crippen LogP contribution in [0.1, 0.15) is 24.8 Å². The molecule has 0 unspecified atom stereocenters. The summed E-state index contributed by atoms with van der Waals surface area (Å²) in [6.07, 6.45) is 5.63. The molecule has 0 radical (unpaired) electrons. The summed E-state index contributed by atoms with van der Waals surface area (Å²) in [5.41, 5.74) is 3.24. The van der Waals surface area contributed by atoms with Crippen LogP contribution in [-0.2, 0) is 17.9 Å². The summed E-state index contributed by atoms with van der Waals surface area (Å²) in [6, 6.07) is 18.0. The summed E-state index contributed by atoms with van der Waals surface area (Å²) in [6.45, 7) is 2.71. The number of carbonyl (C=O) groups is 1. The van der Waals surface area contributed by atoms with Crippen molar-refractivity contribution < 1.29 is 9.53 Å². The standard InChI is InChI=1S/C24H28N4O2/c1-30-21-12-10-19(11-13-21)16-25-23(29)18-28-17-22(20-8-4-2-5-9-20)24(26-28)27-14-6-3-7-15-27/h2,4-5,8-13,17H,3,6-7,14-16,18H2,1H3,(H,25,29). The van der Waals surface area contributed by atoms with Gasteiger partial charge < -0.3 is 15.0 Å². The van der Waals surface area contributed by atoms with Crippen LogP contribution < -0.4 is 15.0 Å². The van der Waals surface area contributed by atoms with E-state index in [9.17, 15) is 4.79 Å². The zero-order valence-electron chi connectivity index (χ0n) is 17.4. The molecule has 1 amide bonds. The van der Waals surface area contributed by atoms with Gasteiger partial charge in [0.05, 0.1) is 7.11 Å². The lowest BCUT2D eigenvalue weighted by molar-refractivity contribution is -0.122. The molecule has 1 aliphatic heterocycles. The molecule has 0 saturated carbocycles. The predicted molar refractivity (Wildman–Crippen MR) is 119 cm³/mol. The van der Waals surface area contributed by atoms with Crippen molar-refractivity contribution in [2.45, 2.75) is 32.4 Å². The molecule has 1 fully saturated rings. The van der Waals surface area contributed by atoms with Gasteiger partial charge in [0, 0.05) is 31.4 Å². The smallest absolute Gasteiger partial charge is 0.241 e. The summed E-state index contributed by atoms with van der Waals surface area (Å²) in [5, 5.41) is 7.77. The summed E-state index contributed by atoms with van der Waals surface area (Å²) in [4.78, 5) is 14.9. The maximum atomic E-state index is 12.5. The van der Waals surface area contributed by atoms with E-state index in [1.54, 1.807) is 11.8 Å². The highest BCUT2D eigenvalue weighted by molar-refractivity contribution is 5.78. The molecule has 3 aromatic rings. The Labute approximate surface area is 177 Å². The lowest BCUT2D eigenvalue weighted by Gasteiger charge is -2.27. The molecule has 156 valence electrons. The third-order valence-corrected chi connectivity index (χ3v) is 5.44. The molecule has 0 aliphatic carbocycles. The van der Waals surface area contributed by atoms with E-state index < -0.39 is 0 Å². The van der Waals surface area contributed by atoms with Gasteiger partial charge in [0.25, 0.3) is 0 Å². The number of piperidine rings is 1. The SMILES string of the molecule is COc1ccc(CNC(=O)Cn2cc(-c3ccccc3)c(N3CCCCC3)n2)cc1. The summed E-state index contributed by atoms with van der Waals surface area (Å²) in [5.74, 6) is 1.72. The number of carbonyl (C=O) groups excluding carboxylic acids is 1. The van der Waals surface area contributed by atoms with Gasteiger partial charge in [-0.3, -0.25) is 9.48 Å². The van der Waals surface area contributed by atoms with Gasteiger partial charge in [0.1, 0.15) is 12.3 Å². The van der Waals surface area contributed by atoms with Crippen molar-refractivity contribution in [1.29, 1.82) is 0 Å². The van der Waals surface area contributed by atoms with Crippen molar-refractivity contribution in [1.82, 2.24) is 15.1 Å². The fourth-order valence-corrected chi connectivity index (χ4v) is 3.80. The topological polar surface area (TPSA) is 59.4 Å². The molecule has 1 aromatic heterocycles. The van der Waals surface area contributed by atoms with Crippen LogP contribution >= 0.6 is 0 Å². The zero-order valence-corrected chi connectivity index (χ0v) is 17.4. The minimum atomic E-state index is -0.0573. The van der Waals surface area contributed by atoms with Crippen LogP contribution in [-0.4, -0.2) is 35.9 Å². The molecular formula is C24H28N4O2. The first-order chi connectivity index (χ1) is 14.7. The fourth-order valence-electron chi connectivity index (χ4n) is 3.80. The van der Waals surface area contributed by atoms with Gasteiger partial charge in [-0.05, 0) is 42.5 Å². The van der Waals surface area contributed by atoms with Crippen molar-refractivity contribution in [2.24, 2.45) is 0 Å². The zero-order chi connectivity index (χ0) is 20.8. The van der Waals surface area contributed by atoms with Gasteiger partial charge in [0.2, 0.25) is 5.91 Å². The first kappa shape index (κ1) is 20.0. The van der Waals surface area contributed by atoms with E-state index in [1.165, 1.54) is 19.3 Å². The number of anilines is 1. The number of ether oxygens (including phenoxy) is 1. The molecule has 0 atom stereocenters. The lowest BCUT2D eigenvalue weighted by atomic mass is 10.1. The highest BCUT2D eigenvalue weighted by Gasteiger charge is 2.20. The molecule has 2 aromatic carbocycles. The van der Waals surface area contributed by atoms with E-state index >= 15 is 0 Å². The van der Waals surface area contributed by atoms with E-state index in [1.807, 2.05) is 48.7 Å². The van der Waals surface area contributed by atoms with Crippen LogP contribution in [0.2, 0.25) is 0 Å². The maximum absolute atomic E-state index is 12.5. The predicted octanol–water partition coefficient (Wildman–Crippen LogP) is 3.87. The second kappa shape index (κ2) is 9.48. The summed E-state index contributed by atoms with van der Waals surface area (Å²) < 4.78 is 6.93. The van der Waals surface area contributed by atoms with Crippen LogP contribution in [0.3, 0.4) is 0 Å². The van der Waals surface area contributed by atoms with Crippen LogP contribution in [0, 0.1) is 0 Å². The van der Waals surface area contributed by atoms with E-state index in [-0.39, 0.29) is 12.5 Å². The maximum Gasteiger partial charge on any atom is 0.241 e. The van der Waals surface area contributed by atoms with Crippen molar-refractivity contribution in [3.8, 4) is 16.9 Å². The summed E-state index contributed by atoms with van der Waals surface area (Å²) in [7, 11) is 1.64. The van der Waals surface area contributed by atoms with Crippen LogP contribution in [0.15, 0.2) is 60.8 Å². The van der Waals surface area contributed by atoms with Crippen molar-refractivity contribution in [3.05, 3.63) is 66.4 Å². The molecule has 4 rings (SSSR count). The number of aromatic nitrogens is 2. The number of nitrogens with one attached hydrogen (secondary N) is 1. The quantitative estimate of drug-likeness (QED) is 0.650. The van der Waals surface area contributed by atoms with E-state index in [2.05, 4.69) is 22.3 Å². The monoisotopic (exact) mass is 404 g/mol. The van der Waals surface area contributed by atoms with Crippen LogP contribution in [0.4, 0.5) is 5.82 Å². The number of nitrogens with zero attached hydrogens (tertiary/aromatic N) is 3. The first-order valence-electron chi connectivity index (χ1n) is 10.5. The minimum absolute atomic E-state index is 0.0573. The molecule has 2 heterocycles. The van der Waals surface area contributed by atoms with Crippen molar-refractivity contribution in [2.75, 3.05) is 25.1 Å². The molecule has 30 heavy (non-hydrogen) atoms. The highest BCUT2D eigenvalue weighted by Crippen LogP contribution is 2.31. The van der Waals surface area contributed by atoms with Crippen LogP contribution in [0.5, 0.6) is 5.75 Å². The lowest BCUT2D eigenvalue weighted by Crippen LogP contribution is -2.30. The van der Waals surface area contributed by atoms with E-state index in [4.69, 9.17) is 9.84 Å². The Morgan fingerprint density at radius 2 is 1.77 bits per heavy atom. The number of amides is 1. The second-order valence-corrected chi connectivity index (χ2v) is 7.60. The van der Waals surface area contributed by atoms with Gasteiger partial charge in [-0.1, -0.05) is 42.5 Å². The number of hydrogen-bond donors (Lipinski definition) is 1. The molecule has 1 saturated heterocycles. The van der Waals surface area contributed by atoms with Gasteiger partial charge in [-0.2, -0.15) is 5.10 Å². The highest BCUT2D eigenvalue weighted by atomic mass is 16.5. The van der Waals surface area contributed by atoms with Gasteiger partial charge >= 0.3 is 0 Å². The Hall–Kier alpha value is -3.28. The first-order valence-corrected chi connectivity index (χ1v) is 10.5. The Bertz CT molecular complexity index is 961. The second-order valence-electron chi connectivity index (χ2n) is 7.60. The van der Waals surface area contributed by atoms with Crippen molar-refractivity contribution >= 4 is 11.7 Å². The molecule has 6 heteroatoms. The Balaban J connectivity index is 1.46. The fraction of sp³-hybridized carbons (Fsp3) is 0.333. The van der Waals surface area contributed by atoms with Gasteiger partial charge in [0.15, 0.2) is 5.82 Å². The van der Waals surface area contributed by atoms with Gasteiger partial charge in [-0.15, -0.1) is 0 Å². The normalized spacial score (nSPS) is 13.8. The molecule has 1 N–H and O–H groups in total.